The highest BCUT2D eigenvalue weighted by molar-refractivity contribution is 7.99. The van der Waals surface area contributed by atoms with Gasteiger partial charge in [-0.2, -0.15) is 11.8 Å². The van der Waals surface area contributed by atoms with Crippen molar-refractivity contribution in [3.63, 3.8) is 0 Å². The van der Waals surface area contributed by atoms with Gasteiger partial charge in [0.1, 0.15) is 0 Å². The molecule has 1 rings (SSSR count). The van der Waals surface area contributed by atoms with Crippen LogP contribution in [0.5, 0.6) is 0 Å². The summed E-state index contributed by atoms with van der Waals surface area (Å²) in [5.41, 5.74) is 0. The minimum Gasteiger partial charge on any atom is -0.377 e. The van der Waals surface area contributed by atoms with Gasteiger partial charge in [0, 0.05) is 30.7 Å². The van der Waals surface area contributed by atoms with E-state index in [9.17, 15) is 0 Å². The zero-order valence-electron chi connectivity index (χ0n) is 9.42. The molecule has 0 saturated carbocycles. The molecule has 1 aliphatic rings. The fraction of sp³-hybridized carbons (Fsp3) is 1.00. The SMILES string of the molecule is CCC(C)NCCSCC1CCCO1. The first kappa shape index (κ1) is 12.3. The molecule has 84 valence electrons. The second-order valence-electron chi connectivity index (χ2n) is 3.97. The van der Waals surface area contributed by atoms with Crippen LogP contribution >= 0.6 is 11.8 Å². The molecule has 0 aliphatic carbocycles. The van der Waals surface area contributed by atoms with Crippen LogP contribution in [0.3, 0.4) is 0 Å². The molecular weight excluding hydrogens is 194 g/mol. The fourth-order valence-corrected chi connectivity index (χ4v) is 2.47. The van der Waals surface area contributed by atoms with E-state index >= 15 is 0 Å². The monoisotopic (exact) mass is 217 g/mol. The summed E-state index contributed by atoms with van der Waals surface area (Å²) in [6.07, 6.45) is 4.29. The fourth-order valence-electron chi connectivity index (χ4n) is 1.51. The highest BCUT2D eigenvalue weighted by Crippen LogP contribution is 2.16. The number of nitrogens with one attached hydrogen (secondary N) is 1. The van der Waals surface area contributed by atoms with E-state index in [0.717, 1.165) is 13.2 Å². The molecule has 2 unspecified atom stereocenters. The van der Waals surface area contributed by atoms with Crippen LogP contribution in [0, 0.1) is 0 Å². The van der Waals surface area contributed by atoms with Crippen LogP contribution in [0.25, 0.3) is 0 Å². The summed E-state index contributed by atoms with van der Waals surface area (Å²) in [6, 6.07) is 0.665. The topological polar surface area (TPSA) is 21.3 Å². The van der Waals surface area contributed by atoms with Crippen LogP contribution in [0.1, 0.15) is 33.1 Å². The standard InChI is InChI=1S/C11H23NOS/c1-3-10(2)12-6-8-14-9-11-5-4-7-13-11/h10-12H,3-9H2,1-2H3. The second-order valence-corrected chi connectivity index (χ2v) is 5.12. The van der Waals surface area contributed by atoms with E-state index < -0.39 is 0 Å². The third-order valence-electron chi connectivity index (χ3n) is 2.68. The van der Waals surface area contributed by atoms with Gasteiger partial charge in [0.15, 0.2) is 0 Å². The Kier molecular flexibility index (Phi) is 6.65. The number of ether oxygens (including phenoxy) is 1. The molecule has 1 saturated heterocycles. The van der Waals surface area contributed by atoms with Gasteiger partial charge < -0.3 is 10.1 Å². The average Bonchev–Trinajstić information content (AvgIpc) is 2.69. The molecule has 0 aromatic heterocycles. The van der Waals surface area contributed by atoms with Gasteiger partial charge in [0.25, 0.3) is 0 Å². The summed E-state index contributed by atoms with van der Waals surface area (Å²) in [5, 5.41) is 3.50. The number of hydrogen-bond acceptors (Lipinski definition) is 3. The predicted octanol–water partition coefficient (Wildman–Crippen LogP) is 2.29. The second kappa shape index (κ2) is 7.55. The van der Waals surface area contributed by atoms with Gasteiger partial charge in [-0.05, 0) is 26.2 Å². The van der Waals surface area contributed by atoms with Gasteiger partial charge in [-0.25, -0.2) is 0 Å². The highest BCUT2D eigenvalue weighted by atomic mass is 32.2. The summed E-state index contributed by atoms with van der Waals surface area (Å²) in [7, 11) is 0. The van der Waals surface area contributed by atoms with Crippen molar-refractivity contribution in [2.24, 2.45) is 0 Å². The molecule has 0 spiro atoms. The van der Waals surface area contributed by atoms with Crippen molar-refractivity contribution in [3.05, 3.63) is 0 Å². The lowest BCUT2D eigenvalue weighted by atomic mass is 10.3. The maximum Gasteiger partial charge on any atom is 0.0666 e. The van der Waals surface area contributed by atoms with Crippen molar-refractivity contribution >= 4 is 11.8 Å². The van der Waals surface area contributed by atoms with E-state index in [-0.39, 0.29) is 0 Å². The highest BCUT2D eigenvalue weighted by Gasteiger charge is 2.14. The van der Waals surface area contributed by atoms with Crippen LogP contribution in [-0.2, 0) is 4.74 Å². The van der Waals surface area contributed by atoms with Crippen molar-refractivity contribution < 1.29 is 4.74 Å². The zero-order valence-corrected chi connectivity index (χ0v) is 10.2. The van der Waals surface area contributed by atoms with Gasteiger partial charge in [-0.3, -0.25) is 0 Å². The number of thioether (sulfide) groups is 1. The lowest BCUT2D eigenvalue weighted by molar-refractivity contribution is 0.129. The first-order valence-electron chi connectivity index (χ1n) is 5.75. The van der Waals surface area contributed by atoms with Crippen molar-refractivity contribution in [2.75, 3.05) is 24.7 Å². The van der Waals surface area contributed by atoms with Gasteiger partial charge in [-0.15, -0.1) is 0 Å². The van der Waals surface area contributed by atoms with Crippen molar-refractivity contribution in [2.45, 2.75) is 45.3 Å². The Bertz CT molecular complexity index is 137. The molecule has 0 radical (unpaired) electrons. The van der Waals surface area contributed by atoms with E-state index in [0.29, 0.717) is 12.1 Å². The van der Waals surface area contributed by atoms with Gasteiger partial charge in [-0.1, -0.05) is 6.92 Å². The van der Waals surface area contributed by atoms with Crippen LogP contribution in [-0.4, -0.2) is 36.8 Å². The Morgan fingerprint density at radius 3 is 3.07 bits per heavy atom. The predicted molar refractivity (Wildman–Crippen MR) is 64.1 cm³/mol. The molecule has 0 bridgehead atoms. The van der Waals surface area contributed by atoms with Gasteiger partial charge >= 0.3 is 0 Å². The van der Waals surface area contributed by atoms with Gasteiger partial charge in [0.05, 0.1) is 6.10 Å². The minimum atomic E-state index is 0.545. The number of hydrogen-bond donors (Lipinski definition) is 1. The molecule has 1 aliphatic heterocycles. The van der Waals surface area contributed by atoms with Crippen LogP contribution in [0.4, 0.5) is 0 Å². The molecule has 2 nitrogen and oxygen atoms in total. The van der Waals surface area contributed by atoms with Crippen LogP contribution < -0.4 is 5.32 Å². The summed E-state index contributed by atoms with van der Waals surface area (Å²) in [4.78, 5) is 0. The molecule has 3 heteroatoms. The third kappa shape index (κ3) is 5.23. The Hall–Kier alpha value is 0.270. The molecule has 0 aromatic rings. The lowest BCUT2D eigenvalue weighted by Gasteiger charge is -2.12. The maximum absolute atomic E-state index is 5.56. The maximum atomic E-state index is 5.56. The molecule has 0 amide bonds. The van der Waals surface area contributed by atoms with E-state index in [1.54, 1.807) is 0 Å². The van der Waals surface area contributed by atoms with E-state index in [1.807, 2.05) is 11.8 Å². The molecule has 14 heavy (non-hydrogen) atoms. The first-order chi connectivity index (χ1) is 6.83. The van der Waals surface area contributed by atoms with Crippen molar-refractivity contribution in [1.82, 2.24) is 5.32 Å². The first-order valence-corrected chi connectivity index (χ1v) is 6.91. The lowest BCUT2D eigenvalue weighted by Crippen LogP contribution is -2.27. The molecule has 0 aromatic carbocycles. The minimum absolute atomic E-state index is 0.545. The van der Waals surface area contributed by atoms with E-state index in [2.05, 4.69) is 19.2 Å². The third-order valence-corrected chi connectivity index (χ3v) is 3.78. The summed E-state index contributed by atoms with van der Waals surface area (Å²) < 4.78 is 5.56. The van der Waals surface area contributed by atoms with Crippen molar-refractivity contribution in [1.29, 1.82) is 0 Å². The van der Waals surface area contributed by atoms with E-state index in [4.69, 9.17) is 4.74 Å². The summed E-state index contributed by atoms with van der Waals surface area (Å²) >= 11 is 2.02. The molecule has 2 atom stereocenters. The van der Waals surface area contributed by atoms with Crippen molar-refractivity contribution in [3.8, 4) is 0 Å². The summed E-state index contributed by atoms with van der Waals surface area (Å²) in [6.45, 7) is 6.57. The largest absolute Gasteiger partial charge is 0.377 e. The number of rotatable bonds is 7. The Morgan fingerprint density at radius 2 is 2.43 bits per heavy atom. The van der Waals surface area contributed by atoms with Crippen LogP contribution in [0.2, 0.25) is 0 Å². The Morgan fingerprint density at radius 1 is 1.57 bits per heavy atom. The quantitative estimate of drug-likeness (QED) is 0.661. The zero-order chi connectivity index (χ0) is 10.2. The van der Waals surface area contributed by atoms with Crippen LogP contribution in [0.15, 0.2) is 0 Å². The Labute approximate surface area is 92.2 Å². The molecule has 1 N–H and O–H groups in total. The van der Waals surface area contributed by atoms with E-state index in [1.165, 1.54) is 30.8 Å². The molecule has 1 heterocycles. The normalized spacial score (nSPS) is 24.0. The molecule has 1 fully saturated rings. The Balaban J connectivity index is 1.84. The molecular formula is C11H23NOS. The van der Waals surface area contributed by atoms with Gasteiger partial charge in [0.2, 0.25) is 0 Å². The average molecular weight is 217 g/mol. The summed E-state index contributed by atoms with van der Waals surface area (Å²) in [5.74, 6) is 2.40. The smallest absolute Gasteiger partial charge is 0.0666 e.